The zero-order valence-electron chi connectivity index (χ0n) is 10.7. The standard InChI is InChI=1S/C14H16BrN3O/c1-2-5-13-17-12(15)8-14(18-13)16-9-10-6-3-4-7-11(10)19/h3-4,6-8,19H,2,5,9H2,1H3,(H,16,17,18). The summed E-state index contributed by atoms with van der Waals surface area (Å²) < 4.78 is 0.769. The Hall–Kier alpha value is -1.62. The van der Waals surface area contributed by atoms with Crippen molar-refractivity contribution in [3.05, 3.63) is 46.3 Å². The number of para-hydroxylation sites is 1. The minimum absolute atomic E-state index is 0.289. The Labute approximate surface area is 121 Å². The second kappa shape index (κ2) is 6.52. The van der Waals surface area contributed by atoms with Gasteiger partial charge in [0.1, 0.15) is 22.0 Å². The Balaban J connectivity index is 2.09. The molecule has 0 saturated heterocycles. The average molecular weight is 322 g/mol. The number of phenols is 1. The van der Waals surface area contributed by atoms with Gasteiger partial charge in [-0.2, -0.15) is 0 Å². The predicted octanol–water partition coefficient (Wildman–Crippen LogP) is 3.51. The fraction of sp³-hybridized carbons (Fsp3) is 0.286. The number of nitrogens with one attached hydrogen (secondary N) is 1. The summed E-state index contributed by atoms with van der Waals surface area (Å²) in [5, 5.41) is 12.9. The van der Waals surface area contributed by atoms with Gasteiger partial charge in [-0.1, -0.05) is 25.1 Å². The molecule has 0 bridgehead atoms. The lowest BCUT2D eigenvalue weighted by Gasteiger charge is -2.09. The van der Waals surface area contributed by atoms with Gasteiger partial charge in [0, 0.05) is 24.6 Å². The summed E-state index contributed by atoms with van der Waals surface area (Å²) in [5.74, 6) is 1.86. The molecule has 2 rings (SSSR count). The van der Waals surface area contributed by atoms with Gasteiger partial charge in [-0.3, -0.25) is 0 Å². The molecule has 0 aliphatic heterocycles. The van der Waals surface area contributed by atoms with Gasteiger partial charge in [-0.15, -0.1) is 0 Å². The van der Waals surface area contributed by atoms with Crippen molar-refractivity contribution in [1.82, 2.24) is 9.97 Å². The summed E-state index contributed by atoms with van der Waals surface area (Å²) in [5.41, 5.74) is 0.842. The molecular weight excluding hydrogens is 306 g/mol. The molecule has 0 saturated carbocycles. The van der Waals surface area contributed by atoms with Crippen molar-refractivity contribution in [3.8, 4) is 5.75 Å². The number of benzene rings is 1. The molecule has 5 heteroatoms. The maximum Gasteiger partial charge on any atom is 0.132 e. The van der Waals surface area contributed by atoms with Crippen molar-refractivity contribution in [3.63, 3.8) is 0 Å². The number of halogens is 1. The van der Waals surface area contributed by atoms with Crippen LogP contribution in [0.5, 0.6) is 5.75 Å². The smallest absolute Gasteiger partial charge is 0.132 e. The summed E-state index contributed by atoms with van der Waals surface area (Å²) >= 11 is 3.38. The highest BCUT2D eigenvalue weighted by molar-refractivity contribution is 9.10. The molecule has 0 spiro atoms. The summed E-state index contributed by atoms with van der Waals surface area (Å²) in [6.45, 7) is 2.63. The van der Waals surface area contributed by atoms with Gasteiger partial charge in [0.2, 0.25) is 0 Å². The fourth-order valence-corrected chi connectivity index (χ4v) is 2.16. The Morgan fingerprint density at radius 2 is 2.05 bits per heavy atom. The van der Waals surface area contributed by atoms with Crippen LogP contribution in [0.2, 0.25) is 0 Å². The van der Waals surface area contributed by atoms with Gasteiger partial charge in [-0.05, 0) is 28.4 Å². The third kappa shape index (κ3) is 3.92. The number of aryl methyl sites for hydroxylation is 1. The van der Waals surface area contributed by atoms with E-state index < -0.39 is 0 Å². The number of aromatic hydroxyl groups is 1. The summed E-state index contributed by atoms with van der Waals surface area (Å²) in [4.78, 5) is 8.75. The number of hydrogen-bond acceptors (Lipinski definition) is 4. The number of phenolic OH excluding ortho intramolecular Hbond substituents is 1. The molecule has 1 aromatic heterocycles. The van der Waals surface area contributed by atoms with Crippen molar-refractivity contribution < 1.29 is 5.11 Å². The minimum atomic E-state index is 0.289. The molecule has 0 radical (unpaired) electrons. The largest absolute Gasteiger partial charge is 0.508 e. The van der Waals surface area contributed by atoms with E-state index in [1.807, 2.05) is 18.2 Å². The highest BCUT2D eigenvalue weighted by atomic mass is 79.9. The van der Waals surface area contributed by atoms with Crippen LogP contribution in [0.4, 0.5) is 5.82 Å². The lowest BCUT2D eigenvalue weighted by molar-refractivity contribution is 0.469. The summed E-state index contributed by atoms with van der Waals surface area (Å²) in [6.07, 6.45) is 1.86. The van der Waals surface area contributed by atoms with Gasteiger partial charge < -0.3 is 10.4 Å². The molecule has 19 heavy (non-hydrogen) atoms. The third-order valence-electron chi connectivity index (χ3n) is 2.67. The third-order valence-corrected chi connectivity index (χ3v) is 3.07. The van der Waals surface area contributed by atoms with Crippen LogP contribution in [-0.2, 0) is 13.0 Å². The zero-order valence-corrected chi connectivity index (χ0v) is 12.3. The number of anilines is 1. The molecule has 0 amide bonds. The van der Waals surface area contributed by atoms with Gasteiger partial charge >= 0.3 is 0 Å². The maximum atomic E-state index is 9.70. The second-order valence-corrected chi connectivity index (χ2v) is 5.04. The zero-order chi connectivity index (χ0) is 13.7. The SMILES string of the molecule is CCCc1nc(Br)cc(NCc2ccccc2O)n1. The van der Waals surface area contributed by atoms with E-state index in [-0.39, 0.29) is 5.75 Å². The van der Waals surface area contributed by atoms with Crippen molar-refractivity contribution in [1.29, 1.82) is 0 Å². The van der Waals surface area contributed by atoms with Crippen LogP contribution >= 0.6 is 15.9 Å². The fourth-order valence-electron chi connectivity index (χ4n) is 1.74. The lowest BCUT2D eigenvalue weighted by Crippen LogP contribution is -2.05. The van der Waals surface area contributed by atoms with Crippen molar-refractivity contribution in [2.45, 2.75) is 26.3 Å². The molecule has 0 unspecified atom stereocenters. The van der Waals surface area contributed by atoms with E-state index in [2.05, 4.69) is 38.1 Å². The lowest BCUT2D eigenvalue weighted by atomic mass is 10.2. The highest BCUT2D eigenvalue weighted by Crippen LogP contribution is 2.18. The number of nitrogens with zero attached hydrogens (tertiary/aromatic N) is 2. The molecule has 4 nitrogen and oxygen atoms in total. The quantitative estimate of drug-likeness (QED) is 0.827. The van der Waals surface area contributed by atoms with E-state index in [0.29, 0.717) is 6.54 Å². The first-order valence-corrected chi connectivity index (χ1v) is 7.02. The van der Waals surface area contributed by atoms with Crippen LogP contribution in [0.3, 0.4) is 0 Å². The maximum absolute atomic E-state index is 9.70. The molecule has 0 aliphatic carbocycles. The topological polar surface area (TPSA) is 58.0 Å². The first-order chi connectivity index (χ1) is 9.19. The predicted molar refractivity (Wildman–Crippen MR) is 79.2 cm³/mol. The van der Waals surface area contributed by atoms with Gasteiger partial charge in [-0.25, -0.2) is 9.97 Å². The Bertz CT molecular complexity index is 560. The van der Waals surface area contributed by atoms with Crippen LogP contribution in [0, 0.1) is 0 Å². The van der Waals surface area contributed by atoms with Gasteiger partial charge in [0.25, 0.3) is 0 Å². The van der Waals surface area contributed by atoms with Crippen LogP contribution in [0.15, 0.2) is 34.9 Å². The molecule has 0 aliphatic rings. The molecule has 1 aromatic carbocycles. The number of hydrogen-bond donors (Lipinski definition) is 2. The molecule has 1 heterocycles. The molecule has 0 atom stereocenters. The summed E-state index contributed by atoms with van der Waals surface area (Å²) in [6, 6.07) is 9.09. The molecule has 2 N–H and O–H groups in total. The second-order valence-electron chi connectivity index (χ2n) is 4.22. The van der Waals surface area contributed by atoms with E-state index in [1.165, 1.54) is 0 Å². The molecule has 100 valence electrons. The monoisotopic (exact) mass is 321 g/mol. The Morgan fingerprint density at radius 3 is 2.79 bits per heavy atom. The van der Waals surface area contributed by atoms with E-state index in [4.69, 9.17) is 0 Å². The van der Waals surface area contributed by atoms with Crippen LogP contribution in [0.25, 0.3) is 0 Å². The normalized spacial score (nSPS) is 10.4. The van der Waals surface area contributed by atoms with E-state index in [1.54, 1.807) is 12.1 Å². The van der Waals surface area contributed by atoms with Crippen molar-refractivity contribution >= 4 is 21.7 Å². The first-order valence-electron chi connectivity index (χ1n) is 6.23. The molecule has 2 aromatic rings. The van der Waals surface area contributed by atoms with E-state index >= 15 is 0 Å². The number of rotatable bonds is 5. The highest BCUT2D eigenvalue weighted by Gasteiger charge is 2.04. The molecular formula is C14H16BrN3O. The molecule has 0 fully saturated rings. The van der Waals surface area contributed by atoms with Gasteiger partial charge in [0.05, 0.1) is 0 Å². The first kappa shape index (κ1) is 13.8. The van der Waals surface area contributed by atoms with Crippen LogP contribution in [0.1, 0.15) is 24.7 Å². The summed E-state index contributed by atoms with van der Waals surface area (Å²) in [7, 11) is 0. The minimum Gasteiger partial charge on any atom is -0.508 e. The van der Waals surface area contributed by atoms with Crippen LogP contribution in [-0.4, -0.2) is 15.1 Å². The average Bonchev–Trinajstić information content (AvgIpc) is 2.37. The van der Waals surface area contributed by atoms with E-state index in [0.717, 1.165) is 34.7 Å². The van der Waals surface area contributed by atoms with E-state index in [9.17, 15) is 5.11 Å². The van der Waals surface area contributed by atoms with Crippen LogP contribution < -0.4 is 5.32 Å². The Kier molecular flexibility index (Phi) is 4.74. The van der Waals surface area contributed by atoms with Crippen molar-refractivity contribution in [2.75, 3.05) is 5.32 Å². The van der Waals surface area contributed by atoms with Crippen molar-refractivity contribution in [2.24, 2.45) is 0 Å². The van der Waals surface area contributed by atoms with Gasteiger partial charge in [0.15, 0.2) is 0 Å². The Morgan fingerprint density at radius 1 is 1.26 bits per heavy atom. The number of aromatic nitrogens is 2.